The largest absolute Gasteiger partial charge is 0.493 e. The molecule has 2 amide bonds. The number of rotatable bonds is 12. The molecule has 3 aliphatic rings. The van der Waals surface area contributed by atoms with E-state index in [-0.39, 0.29) is 31.2 Å². The molecule has 12 heteroatoms. The highest BCUT2D eigenvalue weighted by atomic mass is 16.5. The summed E-state index contributed by atoms with van der Waals surface area (Å²) in [7, 11) is 1.44. The first-order valence-corrected chi connectivity index (χ1v) is 13.2. The van der Waals surface area contributed by atoms with Gasteiger partial charge in [0.2, 0.25) is 11.8 Å². The maximum absolute atomic E-state index is 13.4. The van der Waals surface area contributed by atoms with E-state index in [0.29, 0.717) is 61.8 Å². The lowest BCUT2D eigenvalue weighted by Gasteiger charge is -2.41. The number of hydrogen-bond donors (Lipinski definition) is 3. The second-order valence-electron chi connectivity index (χ2n) is 9.58. The quantitative estimate of drug-likeness (QED) is 0.288. The molecule has 0 aromatic heterocycles. The highest BCUT2D eigenvalue weighted by Crippen LogP contribution is 2.51. The molecular weight excluding hydrogens is 510 g/mol. The van der Waals surface area contributed by atoms with Crippen LogP contribution in [0.4, 0.5) is 0 Å². The van der Waals surface area contributed by atoms with Gasteiger partial charge in [0.05, 0.1) is 38.9 Å². The summed E-state index contributed by atoms with van der Waals surface area (Å²) in [6, 6.07) is 2.26. The van der Waals surface area contributed by atoms with E-state index in [1.54, 1.807) is 19.1 Å². The number of amides is 2. The molecule has 214 valence electrons. The minimum atomic E-state index is -1.20. The fraction of sp³-hybridized carbons (Fsp3) is 0.593. The number of hydrogen-bond acceptors (Lipinski definition) is 10. The Bertz CT molecular complexity index is 1070. The summed E-state index contributed by atoms with van der Waals surface area (Å²) in [5.74, 6) is -0.871. The maximum atomic E-state index is 13.4. The summed E-state index contributed by atoms with van der Waals surface area (Å²) >= 11 is 0. The van der Waals surface area contributed by atoms with Gasteiger partial charge in [0, 0.05) is 56.0 Å². The Morgan fingerprint density at radius 2 is 2.05 bits per heavy atom. The van der Waals surface area contributed by atoms with Crippen LogP contribution in [-0.4, -0.2) is 129 Å². The fourth-order valence-corrected chi connectivity index (χ4v) is 5.34. The van der Waals surface area contributed by atoms with Crippen LogP contribution >= 0.6 is 0 Å². The number of carbonyl (C=O) groups excluding carboxylic acids is 3. The van der Waals surface area contributed by atoms with Crippen molar-refractivity contribution < 1.29 is 43.5 Å². The summed E-state index contributed by atoms with van der Waals surface area (Å²) in [5.41, 5.74) is 1.14. The number of methoxy groups -OCH3 is 1. The third kappa shape index (κ3) is 6.25. The van der Waals surface area contributed by atoms with Gasteiger partial charge in [0.1, 0.15) is 25.1 Å². The molecule has 4 unspecified atom stereocenters. The first kappa shape index (κ1) is 29.0. The summed E-state index contributed by atoms with van der Waals surface area (Å²) in [6.45, 7) is 5.25. The van der Waals surface area contributed by atoms with Gasteiger partial charge in [-0.05, 0) is 25.1 Å². The molecule has 39 heavy (non-hydrogen) atoms. The lowest BCUT2D eigenvalue weighted by Crippen LogP contribution is -2.57. The molecule has 2 heterocycles. The second-order valence-corrected chi connectivity index (χ2v) is 9.58. The standard InChI is InChI=1S/C27H37N3O9/c1-3-37-16-22(33)30(6-5-29-7-10-38-11-8-29)20-14-19(27(35)28-4-9-31)23-18-12-17(15-32)13-21(36-2)25(18)39-26(23)24(20)34/h12-15,20,23-24,26,31,34H,3-11,16H2,1-2H3,(H,28,35). The van der Waals surface area contributed by atoms with E-state index < -0.39 is 30.1 Å². The number of nitrogens with zero attached hydrogens (tertiary/aromatic N) is 2. The molecule has 4 rings (SSSR count). The zero-order valence-electron chi connectivity index (χ0n) is 22.3. The summed E-state index contributed by atoms with van der Waals surface area (Å²) < 4.78 is 22.5. The van der Waals surface area contributed by atoms with Crippen molar-refractivity contribution in [2.45, 2.75) is 31.1 Å². The van der Waals surface area contributed by atoms with E-state index >= 15 is 0 Å². The topological polar surface area (TPSA) is 147 Å². The van der Waals surface area contributed by atoms with Crippen molar-refractivity contribution in [3.63, 3.8) is 0 Å². The SMILES string of the molecule is CCOCC(=O)N(CCN1CCOCC1)C1C=C(C(=O)NCCO)C2c3cc(C=O)cc(OC)c3OC2C1O. The highest BCUT2D eigenvalue weighted by Gasteiger charge is 2.51. The van der Waals surface area contributed by atoms with Gasteiger partial charge >= 0.3 is 0 Å². The summed E-state index contributed by atoms with van der Waals surface area (Å²) in [4.78, 5) is 42.0. The monoisotopic (exact) mass is 547 g/mol. The molecule has 1 fully saturated rings. The van der Waals surface area contributed by atoms with Crippen LogP contribution in [-0.2, 0) is 19.1 Å². The Balaban J connectivity index is 1.72. The van der Waals surface area contributed by atoms with Crippen LogP contribution < -0.4 is 14.8 Å². The van der Waals surface area contributed by atoms with Crippen molar-refractivity contribution >= 4 is 18.1 Å². The fourth-order valence-electron chi connectivity index (χ4n) is 5.34. The van der Waals surface area contributed by atoms with E-state index in [1.165, 1.54) is 18.1 Å². The molecule has 0 spiro atoms. The van der Waals surface area contributed by atoms with Gasteiger partial charge in [-0.25, -0.2) is 0 Å². The Morgan fingerprint density at radius 1 is 1.28 bits per heavy atom. The number of fused-ring (bicyclic) bond motifs is 3. The molecule has 0 radical (unpaired) electrons. The van der Waals surface area contributed by atoms with Crippen molar-refractivity contribution in [3.05, 3.63) is 34.9 Å². The molecule has 12 nitrogen and oxygen atoms in total. The van der Waals surface area contributed by atoms with Gasteiger partial charge in [-0.2, -0.15) is 0 Å². The van der Waals surface area contributed by atoms with Crippen molar-refractivity contribution in [2.75, 3.05) is 72.9 Å². The Kier molecular flexibility index (Phi) is 9.92. The molecule has 1 aromatic carbocycles. The van der Waals surface area contributed by atoms with E-state index in [0.717, 1.165) is 13.1 Å². The van der Waals surface area contributed by atoms with E-state index in [4.69, 9.17) is 18.9 Å². The number of aliphatic hydroxyl groups excluding tert-OH is 2. The van der Waals surface area contributed by atoms with E-state index in [1.807, 2.05) is 0 Å². The predicted molar refractivity (Wildman–Crippen MR) is 139 cm³/mol. The molecule has 0 bridgehead atoms. The minimum Gasteiger partial charge on any atom is -0.493 e. The number of morpholine rings is 1. The molecule has 1 saturated heterocycles. The van der Waals surface area contributed by atoms with Crippen LogP contribution in [0.2, 0.25) is 0 Å². The van der Waals surface area contributed by atoms with E-state index in [2.05, 4.69) is 10.2 Å². The van der Waals surface area contributed by atoms with E-state index in [9.17, 15) is 24.6 Å². The smallest absolute Gasteiger partial charge is 0.249 e. The Morgan fingerprint density at radius 3 is 2.72 bits per heavy atom. The van der Waals surface area contributed by atoms with Gasteiger partial charge in [-0.1, -0.05) is 0 Å². The van der Waals surface area contributed by atoms with Crippen LogP contribution in [0, 0.1) is 0 Å². The molecule has 3 N–H and O–H groups in total. The zero-order valence-corrected chi connectivity index (χ0v) is 22.3. The van der Waals surface area contributed by atoms with Crippen LogP contribution in [0.1, 0.15) is 28.8 Å². The molecule has 4 atom stereocenters. The lowest BCUT2D eigenvalue weighted by atomic mass is 9.77. The molecule has 2 aliphatic heterocycles. The van der Waals surface area contributed by atoms with Gasteiger partial charge < -0.3 is 39.4 Å². The van der Waals surface area contributed by atoms with Crippen molar-refractivity contribution in [1.82, 2.24) is 15.1 Å². The first-order valence-electron chi connectivity index (χ1n) is 13.2. The molecule has 0 saturated carbocycles. The number of aldehydes is 1. The average Bonchev–Trinajstić information content (AvgIpc) is 3.35. The third-order valence-corrected chi connectivity index (χ3v) is 7.28. The van der Waals surface area contributed by atoms with Crippen LogP contribution in [0.5, 0.6) is 11.5 Å². The first-order chi connectivity index (χ1) is 18.9. The van der Waals surface area contributed by atoms with Crippen molar-refractivity contribution in [3.8, 4) is 11.5 Å². The van der Waals surface area contributed by atoms with Crippen LogP contribution in [0.15, 0.2) is 23.8 Å². The van der Waals surface area contributed by atoms with Crippen LogP contribution in [0.3, 0.4) is 0 Å². The van der Waals surface area contributed by atoms with Crippen molar-refractivity contribution in [1.29, 1.82) is 0 Å². The molecule has 1 aliphatic carbocycles. The average molecular weight is 548 g/mol. The second kappa shape index (κ2) is 13.4. The number of carbonyl (C=O) groups is 3. The zero-order chi connectivity index (χ0) is 27.9. The third-order valence-electron chi connectivity index (χ3n) is 7.28. The van der Waals surface area contributed by atoms with Gasteiger partial charge in [0.25, 0.3) is 0 Å². The predicted octanol–water partition coefficient (Wildman–Crippen LogP) is -0.672. The summed E-state index contributed by atoms with van der Waals surface area (Å²) in [5, 5.41) is 23.6. The van der Waals surface area contributed by atoms with Gasteiger partial charge in [-0.15, -0.1) is 0 Å². The minimum absolute atomic E-state index is 0.0240. The molecule has 1 aromatic rings. The number of benzene rings is 1. The Labute approximate surface area is 227 Å². The number of ether oxygens (including phenoxy) is 4. The number of nitrogens with one attached hydrogen (secondary N) is 1. The number of aliphatic hydroxyl groups is 2. The van der Waals surface area contributed by atoms with Crippen molar-refractivity contribution in [2.24, 2.45) is 0 Å². The van der Waals surface area contributed by atoms with Gasteiger partial charge in [0.15, 0.2) is 11.5 Å². The maximum Gasteiger partial charge on any atom is 0.249 e. The summed E-state index contributed by atoms with van der Waals surface area (Å²) in [6.07, 6.45) is 0.149. The van der Waals surface area contributed by atoms with Gasteiger partial charge in [-0.3, -0.25) is 19.3 Å². The highest BCUT2D eigenvalue weighted by molar-refractivity contribution is 5.96. The molecular formula is C27H37N3O9. The van der Waals surface area contributed by atoms with Crippen LogP contribution in [0.25, 0.3) is 0 Å². The lowest BCUT2D eigenvalue weighted by molar-refractivity contribution is -0.142. The Hall–Kier alpha value is -3.03. The normalized spacial score (nSPS) is 24.2.